The summed E-state index contributed by atoms with van der Waals surface area (Å²) in [5.41, 5.74) is 15.2. The SMILES string of the molecule is [C-]#[N+]c1cccc(-c2cc(-c3cc(-c4ccccc4)nc(-c4ccccc4)n3)cc(-c3cccc(C#N)c3)c2-n2c3ccccc3c3cc4c5ccccc5n(-c5ccccc5)c4cc32)c1. The van der Waals surface area contributed by atoms with Crippen molar-refractivity contribution < 1.29 is 0 Å². The maximum absolute atomic E-state index is 10.3. The summed E-state index contributed by atoms with van der Waals surface area (Å²) in [5, 5.41) is 14.9. The third-order valence-electron chi connectivity index (χ3n) is 12.5. The molecule has 0 aliphatic heterocycles. The van der Waals surface area contributed by atoms with E-state index in [1.807, 2.05) is 84.9 Å². The molecule has 0 N–H and O–H groups in total. The lowest BCUT2D eigenvalue weighted by atomic mass is 9.91. The topological polar surface area (TPSA) is 63.8 Å². The average Bonchev–Trinajstić information content (AvgIpc) is 3.89. The highest BCUT2D eigenvalue weighted by atomic mass is 15.0. The van der Waals surface area contributed by atoms with E-state index in [-0.39, 0.29) is 0 Å². The summed E-state index contributed by atoms with van der Waals surface area (Å²) in [7, 11) is 0. The van der Waals surface area contributed by atoms with Crippen molar-refractivity contribution in [2.75, 3.05) is 0 Å². The van der Waals surface area contributed by atoms with Gasteiger partial charge in [0.05, 0.1) is 57.3 Å². The predicted molar refractivity (Wildman–Crippen MR) is 269 cm³/mol. The summed E-state index contributed by atoms with van der Waals surface area (Å²) in [5.74, 6) is 0.612. The Morgan fingerprint density at radius 3 is 1.59 bits per heavy atom. The van der Waals surface area contributed by atoms with Crippen LogP contribution in [-0.4, -0.2) is 19.1 Å². The number of benzene rings is 9. The highest BCUT2D eigenvalue weighted by Gasteiger charge is 2.25. The summed E-state index contributed by atoms with van der Waals surface area (Å²) < 4.78 is 4.75. The number of hydrogen-bond donors (Lipinski definition) is 0. The normalized spacial score (nSPS) is 11.3. The Morgan fingerprint density at radius 1 is 0.409 bits per heavy atom. The highest BCUT2D eigenvalue weighted by Crippen LogP contribution is 2.46. The summed E-state index contributed by atoms with van der Waals surface area (Å²) >= 11 is 0. The predicted octanol–water partition coefficient (Wildman–Crippen LogP) is 15.4. The van der Waals surface area contributed by atoms with Crippen LogP contribution >= 0.6 is 0 Å². The van der Waals surface area contributed by atoms with E-state index in [0.29, 0.717) is 17.1 Å². The quantitative estimate of drug-likeness (QED) is 0.150. The molecule has 0 aliphatic carbocycles. The first-order chi connectivity index (χ1) is 32.6. The minimum Gasteiger partial charge on any atom is -0.309 e. The molecule has 12 rings (SSSR count). The highest BCUT2D eigenvalue weighted by molar-refractivity contribution is 6.19. The van der Waals surface area contributed by atoms with Gasteiger partial charge < -0.3 is 9.13 Å². The van der Waals surface area contributed by atoms with Gasteiger partial charge in [-0.15, -0.1) is 0 Å². The van der Waals surface area contributed by atoms with Gasteiger partial charge in [0.15, 0.2) is 11.5 Å². The van der Waals surface area contributed by atoms with Crippen molar-refractivity contribution in [2.45, 2.75) is 0 Å². The lowest BCUT2D eigenvalue weighted by Gasteiger charge is -2.22. The van der Waals surface area contributed by atoms with Crippen LogP contribution in [0.5, 0.6) is 0 Å². The molecule has 0 amide bonds. The van der Waals surface area contributed by atoms with Gasteiger partial charge in [0.1, 0.15) is 0 Å². The van der Waals surface area contributed by atoms with Crippen molar-refractivity contribution in [3.05, 3.63) is 235 Å². The van der Waals surface area contributed by atoms with Crippen LogP contribution < -0.4 is 0 Å². The second-order valence-electron chi connectivity index (χ2n) is 16.4. The lowest BCUT2D eigenvalue weighted by molar-refractivity contribution is 1.16. The van der Waals surface area contributed by atoms with Gasteiger partial charge in [-0.05, 0) is 83.9 Å². The Bertz CT molecular complexity index is 3810. The molecule has 66 heavy (non-hydrogen) atoms. The van der Waals surface area contributed by atoms with Gasteiger partial charge in [-0.25, -0.2) is 14.8 Å². The van der Waals surface area contributed by atoms with Gasteiger partial charge in [0.25, 0.3) is 0 Å². The largest absolute Gasteiger partial charge is 0.309 e. The van der Waals surface area contributed by atoms with Gasteiger partial charge in [-0.3, -0.25) is 0 Å². The zero-order chi connectivity index (χ0) is 44.1. The van der Waals surface area contributed by atoms with Crippen molar-refractivity contribution in [1.29, 1.82) is 5.26 Å². The van der Waals surface area contributed by atoms with Gasteiger partial charge in [0, 0.05) is 55.0 Å². The molecule has 9 aromatic carbocycles. The Kier molecular flexibility index (Phi) is 9.16. The first kappa shape index (κ1) is 38.3. The van der Waals surface area contributed by atoms with Crippen LogP contribution in [0.3, 0.4) is 0 Å². The zero-order valence-electron chi connectivity index (χ0n) is 35.5. The second-order valence-corrected chi connectivity index (χ2v) is 16.4. The maximum Gasteiger partial charge on any atom is 0.187 e. The molecule has 0 saturated heterocycles. The molecule has 0 bridgehead atoms. The van der Waals surface area contributed by atoms with E-state index in [2.05, 4.69) is 154 Å². The van der Waals surface area contributed by atoms with Crippen LogP contribution in [0.25, 0.3) is 116 Å². The molecule has 6 nitrogen and oxygen atoms in total. The fourth-order valence-electron chi connectivity index (χ4n) is 9.56. The first-order valence-electron chi connectivity index (χ1n) is 21.8. The van der Waals surface area contributed by atoms with Crippen LogP contribution in [0.15, 0.2) is 218 Å². The van der Waals surface area contributed by atoms with E-state index >= 15 is 0 Å². The van der Waals surface area contributed by atoms with Gasteiger partial charge in [0.2, 0.25) is 0 Å². The molecule has 0 fully saturated rings. The Hall–Kier alpha value is -9.36. The van der Waals surface area contributed by atoms with Gasteiger partial charge in [-0.2, -0.15) is 5.26 Å². The van der Waals surface area contributed by atoms with Crippen molar-refractivity contribution in [3.63, 3.8) is 0 Å². The summed E-state index contributed by atoms with van der Waals surface area (Å²) in [4.78, 5) is 14.3. The fourth-order valence-corrected chi connectivity index (χ4v) is 9.56. The Morgan fingerprint density at radius 2 is 0.939 bits per heavy atom. The molecule has 3 heterocycles. The summed E-state index contributed by atoms with van der Waals surface area (Å²) in [6.07, 6.45) is 0. The standard InChI is InChI=1S/C60H36N6/c1-62-45-24-16-23-43(32-45)50-34-44(54-36-53(40-18-5-2-6-19-40)63-60(64-54)41-20-7-3-8-21-41)33-49(42-22-15-17-39(31-42)38-61)59(50)66-56-30-14-12-28-48(56)52-35-51-47-27-11-13-29-55(47)65(57(51)37-58(52)66)46-25-9-4-10-26-46/h2-37H. The number of para-hydroxylation sites is 3. The minimum absolute atomic E-state index is 0.535. The van der Waals surface area contributed by atoms with Crippen molar-refractivity contribution >= 4 is 49.3 Å². The lowest BCUT2D eigenvalue weighted by Crippen LogP contribution is -2.03. The van der Waals surface area contributed by atoms with E-state index < -0.39 is 0 Å². The van der Waals surface area contributed by atoms with Crippen LogP contribution in [0, 0.1) is 17.9 Å². The minimum atomic E-state index is 0.535. The third kappa shape index (κ3) is 6.41. The molecule has 3 aromatic heterocycles. The Labute approximate surface area is 381 Å². The number of nitrogens with zero attached hydrogens (tertiary/aromatic N) is 6. The fraction of sp³-hybridized carbons (Fsp3) is 0. The molecule has 306 valence electrons. The van der Waals surface area contributed by atoms with Crippen molar-refractivity contribution in [1.82, 2.24) is 19.1 Å². The van der Waals surface area contributed by atoms with Crippen LogP contribution in [0.2, 0.25) is 0 Å². The monoisotopic (exact) mass is 840 g/mol. The molecule has 0 aliphatic rings. The molecule has 6 heteroatoms. The van der Waals surface area contributed by atoms with E-state index in [1.54, 1.807) is 0 Å². The van der Waals surface area contributed by atoms with E-state index in [1.165, 1.54) is 10.8 Å². The number of nitriles is 1. The van der Waals surface area contributed by atoms with Gasteiger partial charge in [-0.1, -0.05) is 146 Å². The maximum atomic E-state index is 10.3. The summed E-state index contributed by atoms with van der Waals surface area (Å²) in [6, 6.07) is 77.3. The van der Waals surface area contributed by atoms with Crippen LogP contribution in [-0.2, 0) is 0 Å². The van der Waals surface area contributed by atoms with E-state index in [4.69, 9.17) is 16.5 Å². The van der Waals surface area contributed by atoms with Gasteiger partial charge >= 0.3 is 0 Å². The van der Waals surface area contributed by atoms with Crippen LogP contribution in [0.4, 0.5) is 5.69 Å². The number of hydrogen-bond acceptors (Lipinski definition) is 3. The van der Waals surface area contributed by atoms with Crippen LogP contribution in [0.1, 0.15) is 5.56 Å². The molecule has 0 atom stereocenters. The smallest absolute Gasteiger partial charge is 0.187 e. The number of aromatic nitrogens is 4. The number of rotatable bonds is 7. The van der Waals surface area contributed by atoms with Crippen molar-refractivity contribution in [3.8, 4) is 73.6 Å². The third-order valence-corrected chi connectivity index (χ3v) is 12.5. The molecule has 0 saturated carbocycles. The van der Waals surface area contributed by atoms with Crippen molar-refractivity contribution in [2.24, 2.45) is 0 Å². The second kappa shape index (κ2) is 15.8. The zero-order valence-corrected chi connectivity index (χ0v) is 35.5. The molecular weight excluding hydrogens is 805 g/mol. The molecule has 12 aromatic rings. The number of fused-ring (bicyclic) bond motifs is 6. The first-order valence-corrected chi connectivity index (χ1v) is 21.8. The summed E-state index contributed by atoms with van der Waals surface area (Å²) in [6.45, 7) is 8.10. The van der Waals surface area contributed by atoms with E-state index in [9.17, 15) is 5.26 Å². The molecular formula is C60H36N6. The molecule has 0 unspecified atom stereocenters. The molecule has 0 spiro atoms. The Balaban J connectivity index is 1.24. The van der Waals surface area contributed by atoms with E-state index in [0.717, 1.165) is 94.5 Å². The average molecular weight is 841 g/mol. The molecule has 0 radical (unpaired) electrons.